The number of hydrogen-bond donors (Lipinski definition) is 0. The van der Waals surface area contributed by atoms with E-state index in [1.54, 1.807) is 0 Å². The first-order chi connectivity index (χ1) is 6.82. The van der Waals surface area contributed by atoms with Crippen LogP contribution in [0.2, 0.25) is 0 Å². The number of halogens is 8. The van der Waals surface area contributed by atoms with Gasteiger partial charge in [0.1, 0.15) is 6.67 Å². The maximum atomic E-state index is 12.5. The van der Waals surface area contributed by atoms with Gasteiger partial charge in [0.15, 0.2) is 30.9 Å². The van der Waals surface area contributed by atoms with Gasteiger partial charge in [-0.05, 0) is 0 Å². The molecule has 0 radical (unpaired) electrons. The topological polar surface area (TPSA) is 0 Å². The fraction of sp³-hybridized carbons (Fsp3) is 1.00. The van der Waals surface area contributed by atoms with E-state index in [0.717, 1.165) is 0 Å². The minimum absolute atomic E-state index is 1.94. The van der Waals surface area contributed by atoms with Gasteiger partial charge in [0.05, 0.1) is 0 Å². The van der Waals surface area contributed by atoms with Crippen molar-refractivity contribution in [2.24, 2.45) is 0 Å². The van der Waals surface area contributed by atoms with Crippen LogP contribution in [-0.2, 0) is 0 Å². The molecule has 15 heavy (non-hydrogen) atoms. The molecule has 0 amide bonds. The van der Waals surface area contributed by atoms with E-state index in [-0.39, 0.29) is 0 Å². The van der Waals surface area contributed by atoms with E-state index in [9.17, 15) is 35.1 Å². The molecule has 0 N–H and O–H groups in total. The lowest BCUT2D eigenvalue weighted by Crippen LogP contribution is -2.42. The summed E-state index contributed by atoms with van der Waals surface area (Å²) in [6, 6.07) is 0. The molecule has 0 aliphatic heterocycles. The molecule has 0 saturated carbocycles. The van der Waals surface area contributed by atoms with Crippen LogP contribution in [0, 0.1) is 0 Å². The first kappa shape index (κ1) is 14.4. The van der Waals surface area contributed by atoms with Crippen molar-refractivity contribution in [3.05, 3.63) is 0 Å². The van der Waals surface area contributed by atoms with Gasteiger partial charge in [-0.25, -0.2) is 35.1 Å². The minimum atomic E-state index is -3.85. The van der Waals surface area contributed by atoms with Gasteiger partial charge in [-0.15, -0.1) is 0 Å². The largest absolute Gasteiger partial charge is 0.272 e. The molecule has 0 aliphatic carbocycles. The van der Waals surface area contributed by atoms with E-state index >= 15 is 0 Å². The summed E-state index contributed by atoms with van der Waals surface area (Å²) in [5.74, 6) is 0. The molecule has 0 rings (SSSR count). The zero-order chi connectivity index (χ0) is 12.2. The van der Waals surface area contributed by atoms with Gasteiger partial charge in [0.2, 0.25) is 0 Å². The molecular weight excluding hydrogens is 236 g/mol. The predicted octanol–water partition coefficient (Wildman–Crippen LogP) is 2.91. The maximum Gasteiger partial charge on any atom is 0.272 e. The van der Waals surface area contributed by atoms with Crippen molar-refractivity contribution in [2.75, 3.05) is 6.67 Å². The highest BCUT2D eigenvalue weighted by molar-refractivity contribution is 4.87. The third-order valence-electron chi connectivity index (χ3n) is 1.65. The van der Waals surface area contributed by atoms with Gasteiger partial charge in [-0.2, -0.15) is 0 Å². The number of alkyl halides is 8. The van der Waals surface area contributed by atoms with Gasteiger partial charge >= 0.3 is 0 Å². The summed E-state index contributed by atoms with van der Waals surface area (Å²) in [4.78, 5) is 0. The van der Waals surface area contributed by atoms with E-state index < -0.39 is 44.0 Å². The lowest BCUT2D eigenvalue weighted by Gasteiger charge is -2.20. The van der Waals surface area contributed by atoms with Crippen molar-refractivity contribution >= 4 is 0 Å². The van der Waals surface area contributed by atoms with Crippen LogP contribution in [0.3, 0.4) is 0 Å². The van der Waals surface area contributed by atoms with Crippen LogP contribution in [0.15, 0.2) is 0 Å². The molecule has 0 aliphatic rings. The van der Waals surface area contributed by atoms with Gasteiger partial charge < -0.3 is 0 Å². The highest BCUT2D eigenvalue weighted by Crippen LogP contribution is 2.24. The second kappa shape index (κ2) is 6.12. The van der Waals surface area contributed by atoms with Gasteiger partial charge in [0, 0.05) is 0 Å². The van der Waals surface area contributed by atoms with Crippen LogP contribution in [0.25, 0.3) is 0 Å². The molecule has 0 aromatic heterocycles. The molecule has 0 heterocycles. The maximum absolute atomic E-state index is 12.5. The van der Waals surface area contributed by atoms with Crippen molar-refractivity contribution in [3.8, 4) is 0 Å². The Labute approximate surface area is 80.3 Å². The molecule has 0 nitrogen and oxygen atoms in total. The zero-order valence-electron chi connectivity index (χ0n) is 7.19. The second-order valence-corrected chi connectivity index (χ2v) is 2.78. The van der Waals surface area contributed by atoms with Crippen LogP contribution in [0.4, 0.5) is 35.1 Å². The average molecular weight is 244 g/mol. The van der Waals surface area contributed by atoms with Crippen LogP contribution >= 0.6 is 0 Å². The summed E-state index contributed by atoms with van der Waals surface area (Å²) in [5.41, 5.74) is 0. The van der Waals surface area contributed by atoms with Crippen molar-refractivity contribution in [2.45, 2.75) is 37.3 Å². The van der Waals surface area contributed by atoms with Crippen molar-refractivity contribution in [1.82, 2.24) is 0 Å². The Kier molecular flexibility index (Phi) is 5.89. The summed E-state index contributed by atoms with van der Waals surface area (Å²) in [5, 5.41) is 0. The van der Waals surface area contributed by atoms with E-state index in [1.165, 1.54) is 0 Å². The van der Waals surface area contributed by atoms with Gasteiger partial charge in [-0.3, -0.25) is 0 Å². The molecule has 0 saturated heterocycles. The highest BCUT2D eigenvalue weighted by Gasteiger charge is 2.43. The Morgan fingerprint density at radius 3 is 1.33 bits per heavy atom. The molecule has 8 heteroatoms. The van der Waals surface area contributed by atoms with Crippen molar-refractivity contribution in [3.63, 3.8) is 0 Å². The standard InChI is InChI=1S/C7H8F8/c8-1-2(9)3(10)4(11)5(12)6(13)7(14)15/h2-7H,1H2. The Morgan fingerprint density at radius 1 is 0.600 bits per heavy atom. The molecule has 5 unspecified atom stereocenters. The predicted molar refractivity (Wildman–Crippen MR) is 36.5 cm³/mol. The summed E-state index contributed by atoms with van der Waals surface area (Å²) in [6.45, 7) is -1.94. The quantitative estimate of drug-likeness (QED) is 0.630. The van der Waals surface area contributed by atoms with Crippen molar-refractivity contribution < 1.29 is 35.1 Å². The minimum Gasteiger partial charge on any atom is -0.248 e. The zero-order valence-corrected chi connectivity index (χ0v) is 7.19. The third kappa shape index (κ3) is 3.83. The second-order valence-electron chi connectivity index (χ2n) is 2.78. The van der Waals surface area contributed by atoms with Gasteiger partial charge in [-0.1, -0.05) is 0 Å². The summed E-state index contributed by atoms with van der Waals surface area (Å²) < 4.78 is 96.1. The Hall–Kier alpha value is -0.560. The Balaban J connectivity index is 4.36. The molecule has 0 fully saturated rings. The van der Waals surface area contributed by atoms with Crippen LogP contribution in [0.1, 0.15) is 0 Å². The fourth-order valence-electron chi connectivity index (χ4n) is 0.775. The van der Waals surface area contributed by atoms with E-state index in [1.807, 2.05) is 0 Å². The monoisotopic (exact) mass is 244 g/mol. The van der Waals surface area contributed by atoms with Crippen LogP contribution in [0.5, 0.6) is 0 Å². The normalized spacial score (nSPS) is 22.2. The summed E-state index contributed by atoms with van der Waals surface area (Å²) in [7, 11) is 0. The summed E-state index contributed by atoms with van der Waals surface area (Å²) >= 11 is 0. The number of rotatable bonds is 6. The van der Waals surface area contributed by atoms with Gasteiger partial charge in [0.25, 0.3) is 6.43 Å². The van der Waals surface area contributed by atoms with E-state index in [2.05, 4.69) is 0 Å². The highest BCUT2D eigenvalue weighted by atomic mass is 19.3. The molecule has 0 spiro atoms. The SMILES string of the molecule is FCC(F)C(F)C(F)C(F)C(F)C(F)F. The molecule has 5 atom stereocenters. The molecular formula is C7H8F8. The third-order valence-corrected chi connectivity index (χ3v) is 1.65. The average Bonchev–Trinajstić information content (AvgIpc) is 2.23. The Morgan fingerprint density at radius 2 is 1.00 bits per heavy atom. The van der Waals surface area contributed by atoms with Crippen LogP contribution in [-0.4, -0.2) is 44.0 Å². The first-order valence-corrected chi connectivity index (χ1v) is 3.87. The Bertz CT molecular complexity index is 174. The molecule has 0 aromatic rings. The summed E-state index contributed by atoms with van der Waals surface area (Å²) in [6.07, 6.45) is -20.7. The van der Waals surface area contributed by atoms with E-state index in [0.29, 0.717) is 0 Å². The lowest BCUT2D eigenvalue weighted by molar-refractivity contribution is -0.0528. The molecule has 92 valence electrons. The molecule has 0 bridgehead atoms. The number of hydrogen-bond acceptors (Lipinski definition) is 0. The van der Waals surface area contributed by atoms with Crippen molar-refractivity contribution in [1.29, 1.82) is 0 Å². The fourth-order valence-corrected chi connectivity index (χ4v) is 0.775. The molecule has 0 aromatic carbocycles. The lowest BCUT2D eigenvalue weighted by atomic mass is 10.0. The first-order valence-electron chi connectivity index (χ1n) is 3.87. The van der Waals surface area contributed by atoms with Crippen LogP contribution < -0.4 is 0 Å². The smallest absolute Gasteiger partial charge is 0.248 e. The van der Waals surface area contributed by atoms with E-state index in [4.69, 9.17) is 0 Å².